The van der Waals surface area contributed by atoms with Crippen LogP contribution in [0.15, 0.2) is 15.2 Å². The molecule has 1 heterocycles. The van der Waals surface area contributed by atoms with Gasteiger partial charge in [-0.05, 0) is 13.8 Å². The van der Waals surface area contributed by atoms with Gasteiger partial charge in [-0.1, -0.05) is 0 Å². The molecule has 0 aromatic rings. The van der Waals surface area contributed by atoms with E-state index < -0.39 is 17.6 Å². The maximum absolute atomic E-state index is 12.4. The van der Waals surface area contributed by atoms with Crippen molar-refractivity contribution in [2.45, 2.75) is 25.7 Å². The van der Waals surface area contributed by atoms with Crippen LogP contribution in [0.1, 0.15) is 13.8 Å². The largest absolute Gasteiger partial charge is 0.443 e. The zero-order valence-electron chi connectivity index (χ0n) is 6.88. The summed E-state index contributed by atoms with van der Waals surface area (Å²) in [4.78, 5) is 13.9. The van der Waals surface area contributed by atoms with Crippen LogP contribution < -0.4 is 0 Å². The van der Waals surface area contributed by atoms with Crippen molar-refractivity contribution in [1.29, 1.82) is 0 Å². The van der Waals surface area contributed by atoms with E-state index in [1.165, 1.54) is 6.92 Å². The van der Waals surface area contributed by atoms with Crippen LogP contribution in [-0.2, 0) is 4.79 Å². The molecule has 0 spiro atoms. The summed E-state index contributed by atoms with van der Waals surface area (Å²) in [7, 11) is 0. The van der Waals surface area contributed by atoms with Gasteiger partial charge in [-0.2, -0.15) is 13.2 Å². The summed E-state index contributed by atoms with van der Waals surface area (Å²) in [5.41, 5.74) is -2.99. The molecule has 0 N–H and O–H groups in total. The van der Waals surface area contributed by atoms with Crippen LogP contribution in [0, 0.1) is 0 Å². The normalized spacial score (nSPS) is 27.6. The summed E-state index contributed by atoms with van der Waals surface area (Å²) >= 11 is 0. The highest BCUT2D eigenvalue weighted by molar-refractivity contribution is 5.93. The Kier molecular flexibility index (Phi) is 1.97. The second-order valence-electron chi connectivity index (χ2n) is 2.59. The number of aliphatic imine (C=N–C) groups is 1. The molecular weight excluding hydrogens is 187 g/mol. The second kappa shape index (κ2) is 2.61. The number of Topliss-reactive ketones (excluding diaryl/α,β-unsaturated/α-hetero) is 1. The van der Waals surface area contributed by atoms with Crippen molar-refractivity contribution in [3.63, 3.8) is 0 Å². The van der Waals surface area contributed by atoms with Gasteiger partial charge in [-0.15, -0.1) is 10.2 Å². The predicted molar refractivity (Wildman–Crippen MR) is 37.4 cm³/mol. The molecule has 0 saturated carbocycles. The molecule has 1 rings (SSSR count). The minimum Gasteiger partial charge on any atom is -0.295 e. The van der Waals surface area contributed by atoms with E-state index in [2.05, 4.69) is 15.2 Å². The fourth-order valence-corrected chi connectivity index (χ4v) is 0.892. The minimum absolute atomic E-state index is 0.146. The van der Waals surface area contributed by atoms with Gasteiger partial charge >= 0.3 is 11.8 Å². The number of hydrogen-bond acceptors (Lipinski definition) is 4. The Morgan fingerprint density at radius 1 is 1.46 bits per heavy atom. The Morgan fingerprint density at radius 2 is 2.00 bits per heavy atom. The van der Waals surface area contributed by atoms with Gasteiger partial charge in [0.1, 0.15) is 5.84 Å². The minimum atomic E-state index is -4.82. The number of hydrogen-bond donors (Lipinski definition) is 0. The number of azo groups is 1. The first-order valence-electron chi connectivity index (χ1n) is 3.37. The van der Waals surface area contributed by atoms with Crippen molar-refractivity contribution < 1.29 is 18.0 Å². The van der Waals surface area contributed by atoms with Crippen molar-refractivity contribution >= 4 is 11.6 Å². The van der Waals surface area contributed by atoms with E-state index in [4.69, 9.17) is 0 Å². The fraction of sp³-hybridized carbons (Fsp3) is 0.667. The highest BCUT2D eigenvalue weighted by atomic mass is 19.4. The molecule has 0 aromatic heterocycles. The van der Waals surface area contributed by atoms with E-state index >= 15 is 0 Å². The van der Waals surface area contributed by atoms with E-state index in [0.29, 0.717) is 0 Å². The van der Waals surface area contributed by atoms with E-state index in [9.17, 15) is 18.0 Å². The van der Waals surface area contributed by atoms with Crippen molar-refractivity contribution in [2.24, 2.45) is 15.2 Å². The number of nitrogens with zero attached hydrogens (tertiary/aromatic N) is 3. The average Bonchev–Trinajstić information content (AvgIpc) is 2.30. The van der Waals surface area contributed by atoms with Crippen molar-refractivity contribution in [2.75, 3.05) is 0 Å². The number of carbonyl (C=O) groups excluding carboxylic acids is 1. The van der Waals surface area contributed by atoms with Gasteiger partial charge in [-0.25, -0.2) is 4.99 Å². The molecule has 7 heteroatoms. The topological polar surface area (TPSA) is 54.1 Å². The molecule has 13 heavy (non-hydrogen) atoms. The standard InChI is InChI=1S/C6H6F3N3O/c1-3(13)5(6(7,8)9)10-4(2)11-12-5/h1-2H3. The molecule has 0 fully saturated rings. The lowest BCUT2D eigenvalue weighted by Crippen LogP contribution is -2.46. The van der Waals surface area contributed by atoms with Gasteiger partial charge in [0.15, 0.2) is 5.78 Å². The van der Waals surface area contributed by atoms with Gasteiger partial charge in [-0.3, -0.25) is 4.79 Å². The average molecular weight is 193 g/mol. The van der Waals surface area contributed by atoms with E-state index in [0.717, 1.165) is 6.92 Å². The van der Waals surface area contributed by atoms with Gasteiger partial charge in [0.25, 0.3) is 0 Å². The van der Waals surface area contributed by atoms with Crippen LogP contribution >= 0.6 is 0 Å². The van der Waals surface area contributed by atoms with E-state index in [-0.39, 0.29) is 5.84 Å². The third-order valence-electron chi connectivity index (χ3n) is 1.55. The number of rotatable bonds is 1. The number of carbonyl (C=O) groups is 1. The van der Waals surface area contributed by atoms with Crippen LogP contribution in [0.4, 0.5) is 13.2 Å². The maximum atomic E-state index is 12.4. The number of alkyl halides is 3. The lowest BCUT2D eigenvalue weighted by Gasteiger charge is -2.20. The Labute approximate surface area is 71.6 Å². The summed E-state index contributed by atoms with van der Waals surface area (Å²) in [5, 5.41) is 5.98. The van der Waals surface area contributed by atoms with Gasteiger partial charge in [0, 0.05) is 0 Å². The van der Waals surface area contributed by atoms with Crippen molar-refractivity contribution in [1.82, 2.24) is 0 Å². The highest BCUT2D eigenvalue weighted by Gasteiger charge is 2.61. The van der Waals surface area contributed by atoms with Crippen LogP contribution in [0.5, 0.6) is 0 Å². The molecule has 1 unspecified atom stereocenters. The molecule has 0 radical (unpaired) electrons. The molecule has 1 atom stereocenters. The Hall–Kier alpha value is -1.27. The van der Waals surface area contributed by atoms with Gasteiger partial charge in [0.2, 0.25) is 0 Å². The van der Waals surface area contributed by atoms with Gasteiger partial charge < -0.3 is 0 Å². The summed E-state index contributed by atoms with van der Waals surface area (Å²) in [6, 6.07) is 0. The molecule has 0 aliphatic carbocycles. The summed E-state index contributed by atoms with van der Waals surface area (Å²) in [5.74, 6) is -1.33. The third kappa shape index (κ3) is 1.34. The summed E-state index contributed by atoms with van der Waals surface area (Å²) < 4.78 is 37.1. The first-order chi connectivity index (χ1) is 5.79. The Morgan fingerprint density at radius 3 is 2.15 bits per heavy atom. The quantitative estimate of drug-likeness (QED) is 0.625. The third-order valence-corrected chi connectivity index (χ3v) is 1.55. The second-order valence-corrected chi connectivity index (χ2v) is 2.59. The molecule has 0 aromatic carbocycles. The van der Waals surface area contributed by atoms with Crippen LogP contribution in [0.25, 0.3) is 0 Å². The number of ketones is 1. The fourth-order valence-electron chi connectivity index (χ4n) is 0.892. The van der Waals surface area contributed by atoms with Crippen molar-refractivity contribution in [3.8, 4) is 0 Å². The first-order valence-corrected chi connectivity index (χ1v) is 3.37. The van der Waals surface area contributed by atoms with E-state index in [1.807, 2.05) is 0 Å². The maximum Gasteiger partial charge on any atom is 0.443 e. The highest BCUT2D eigenvalue weighted by Crippen LogP contribution is 2.38. The number of amidine groups is 1. The van der Waals surface area contributed by atoms with Crippen LogP contribution in [0.3, 0.4) is 0 Å². The molecular formula is C6H6F3N3O. The SMILES string of the molecule is CC(=O)C1(C(F)(F)F)N=NC(C)=N1. The monoisotopic (exact) mass is 193 g/mol. The summed E-state index contributed by atoms with van der Waals surface area (Å²) in [6.45, 7) is 2.04. The lowest BCUT2D eigenvalue weighted by atomic mass is 10.1. The molecule has 4 nitrogen and oxygen atoms in total. The zero-order chi connectivity index (χ0) is 10.3. The molecule has 0 amide bonds. The van der Waals surface area contributed by atoms with Crippen molar-refractivity contribution in [3.05, 3.63) is 0 Å². The summed E-state index contributed by atoms with van der Waals surface area (Å²) in [6.07, 6.45) is -4.82. The number of halogens is 3. The van der Waals surface area contributed by atoms with E-state index in [1.54, 1.807) is 0 Å². The molecule has 1 aliphatic heterocycles. The molecule has 1 aliphatic rings. The van der Waals surface area contributed by atoms with Crippen LogP contribution in [0.2, 0.25) is 0 Å². The first kappa shape index (κ1) is 9.82. The van der Waals surface area contributed by atoms with Gasteiger partial charge in [0.05, 0.1) is 0 Å². The molecule has 0 saturated heterocycles. The molecule has 0 bridgehead atoms. The predicted octanol–water partition coefficient (Wildman–Crippen LogP) is 1.72. The van der Waals surface area contributed by atoms with Crippen LogP contribution in [-0.4, -0.2) is 23.5 Å². The zero-order valence-corrected chi connectivity index (χ0v) is 6.88. The Bertz CT molecular complexity index is 307. The smallest absolute Gasteiger partial charge is 0.295 e. The molecule has 72 valence electrons. The lowest BCUT2D eigenvalue weighted by molar-refractivity contribution is -0.186. The Balaban J connectivity index is 3.22.